The largest absolute Gasteiger partial charge is 0.493 e. The van der Waals surface area contributed by atoms with Crippen molar-refractivity contribution in [1.29, 1.82) is 0 Å². The van der Waals surface area contributed by atoms with Gasteiger partial charge < -0.3 is 9.47 Å². The van der Waals surface area contributed by atoms with E-state index in [0.29, 0.717) is 11.5 Å². The molecule has 0 atom stereocenters. The van der Waals surface area contributed by atoms with E-state index in [4.69, 9.17) is 9.47 Å². The van der Waals surface area contributed by atoms with E-state index in [9.17, 15) is 0 Å². The topological polar surface area (TPSA) is 62.1 Å². The molecule has 0 bridgehead atoms. The number of tetrazole rings is 1. The lowest BCUT2D eigenvalue weighted by Gasteiger charge is -2.09. The first-order valence-corrected chi connectivity index (χ1v) is 6.03. The first-order chi connectivity index (χ1) is 9.88. The van der Waals surface area contributed by atoms with Crippen LogP contribution in [0.15, 0.2) is 54.6 Å². The number of para-hydroxylation sites is 3. The van der Waals surface area contributed by atoms with Crippen molar-refractivity contribution in [3.63, 3.8) is 0 Å². The van der Waals surface area contributed by atoms with Crippen LogP contribution in [0.3, 0.4) is 0 Å². The highest BCUT2D eigenvalue weighted by atomic mass is 16.5. The van der Waals surface area contributed by atoms with E-state index in [-0.39, 0.29) is 6.01 Å². The van der Waals surface area contributed by atoms with Crippen LogP contribution < -0.4 is 9.47 Å². The molecule has 0 amide bonds. The highest BCUT2D eigenvalue weighted by Crippen LogP contribution is 2.30. The predicted octanol–water partition coefficient (Wildman–Crippen LogP) is 2.46. The third kappa shape index (κ3) is 2.31. The summed E-state index contributed by atoms with van der Waals surface area (Å²) in [5, 5.41) is 11.5. The van der Waals surface area contributed by atoms with Crippen LogP contribution in [-0.4, -0.2) is 27.3 Å². The van der Waals surface area contributed by atoms with Crippen LogP contribution in [0, 0.1) is 0 Å². The second-order valence-electron chi connectivity index (χ2n) is 3.96. The van der Waals surface area contributed by atoms with Crippen molar-refractivity contribution in [2.75, 3.05) is 7.11 Å². The Labute approximate surface area is 115 Å². The summed E-state index contributed by atoms with van der Waals surface area (Å²) < 4.78 is 12.5. The van der Waals surface area contributed by atoms with Gasteiger partial charge in [0, 0.05) is 0 Å². The molecule has 0 spiro atoms. The molecule has 6 nitrogen and oxygen atoms in total. The summed E-state index contributed by atoms with van der Waals surface area (Å²) in [6.07, 6.45) is 0. The van der Waals surface area contributed by atoms with Crippen molar-refractivity contribution in [3.8, 4) is 23.2 Å². The Balaban J connectivity index is 1.95. The highest BCUT2D eigenvalue weighted by Gasteiger charge is 2.12. The second kappa shape index (κ2) is 5.40. The monoisotopic (exact) mass is 268 g/mol. The molecule has 20 heavy (non-hydrogen) atoms. The van der Waals surface area contributed by atoms with E-state index in [1.807, 2.05) is 48.5 Å². The summed E-state index contributed by atoms with van der Waals surface area (Å²) in [7, 11) is 1.59. The predicted molar refractivity (Wildman–Crippen MR) is 72.2 cm³/mol. The molecule has 0 fully saturated rings. The molecule has 1 heterocycles. The van der Waals surface area contributed by atoms with Gasteiger partial charge in [-0.05, 0) is 34.7 Å². The molecule has 0 saturated carbocycles. The summed E-state index contributed by atoms with van der Waals surface area (Å²) >= 11 is 0. The molecule has 6 heteroatoms. The maximum atomic E-state index is 5.73. The quantitative estimate of drug-likeness (QED) is 0.727. The Morgan fingerprint density at radius 1 is 0.900 bits per heavy atom. The average Bonchev–Trinajstić information content (AvgIpc) is 2.97. The molecule has 0 N–H and O–H groups in total. The number of hydrogen-bond donors (Lipinski definition) is 0. The minimum atomic E-state index is 0.278. The number of hydrogen-bond acceptors (Lipinski definition) is 5. The molecule has 0 radical (unpaired) electrons. The maximum Gasteiger partial charge on any atom is 0.346 e. The number of benzene rings is 2. The highest BCUT2D eigenvalue weighted by molar-refractivity contribution is 5.41. The summed E-state index contributed by atoms with van der Waals surface area (Å²) in [6.45, 7) is 0. The van der Waals surface area contributed by atoms with Crippen LogP contribution in [0.25, 0.3) is 5.69 Å². The summed E-state index contributed by atoms with van der Waals surface area (Å²) in [6, 6.07) is 17.1. The van der Waals surface area contributed by atoms with Crippen LogP contribution in [0.5, 0.6) is 17.5 Å². The van der Waals surface area contributed by atoms with Gasteiger partial charge in [0.2, 0.25) is 0 Å². The zero-order valence-corrected chi connectivity index (χ0v) is 10.8. The molecule has 0 unspecified atom stereocenters. The summed E-state index contributed by atoms with van der Waals surface area (Å²) in [4.78, 5) is 0. The lowest BCUT2D eigenvalue weighted by Crippen LogP contribution is -2.00. The van der Waals surface area contributed by atoms with E-state index in [0.717, 1.165) is 5.69 Å². The molecule has 3 aromatic rings. The first kappa shape index (κ1) is 12.2. The SMILES string of the molecule is COc1ccccc1Oc1nnnn1-c1ccccc1. The molecular weight excluding hydrogens is 256 g/mol. The molecule has 3 rings (SSSR count). The Bertz CT molecular complexity index is 697. The van der Waals surface area contributed by atoms with Gasteiger partial charge in [-0.3, -0.25) is 0 Å². The van der Waals surface area contributed by atoms with Gasteiger partial charge in [-0.1, -0.05) is 35.4 Å². The van der Waals surface area contributed by atoms with Crippen molar-refractivity contribution in [1.82, 2.24) is 20.2 Å². The van der Waals surface area contributed by atoms with Crippen molar-refractivity contribution in [2.45, 2.75) is 0 Å². The number of methoxy groups -OCH3 is 1. The lowest BCUT2D eigenvalue weighted by atomic mass is 10.3. The van der Waals surface area contributed by atoms with E-state index >= 15 is 0 Å². The zero-order chi connectivity index (χ0) is 13.8. The van der Waals surface area contributed by atoms with Gasteiger partial charge in [0.1, 0.15) is 0 Å². The van der Waals surface area contributed by atoms with Gasteiger partial charge in [-0.2, -0.15) is 4.68 Å². The van der Waals surface area contributed by atoms with E-state index < -0.39 is 0 Å². The van der Waals surface area contributed by atoms with Gasteiger partial charge in [0.25, 0.3) is 0 Å². The van der Waals surface area contributed by atoms with Crippen molar-refractivity contribution in [2.24, 2.45) is 0 Å². The molecule has 0 aliphatic rings. The molecule has 2 aromatic carbocycles. The normalized spacial score (nSPS) is 10.2. The van der Waals surface area contributed by atoms with Crippen LogP contribution >= 0.6 is 0 Å². The number of aromatic nitrogens is 4. The van der Waals surface area contributed by atoms with Crippen molar-refractivity contribution in [3.05, 3.63) is 54.6 Å². The molecule has 0 aliphatic heterocycles. The molecule has 0 aliphatic carbocycles. The van der Waals surface area contributed by atoms with Gasteiger partial charge in [-0.25, -0.2) is 0 Å². The summed E-state index contributed by atoms with van der Waals surface area (Å²) in [5.41, 5.74) is 0.822. The van der Waals surface area contributed by atoms with Crippen LogP contribution in [-0.2, 0) is 0 Å². The van der Waals surface area contributed by atoms with E-state index in [1.54, 1.807) is 13.2 Å². The Kier molecular flexibility index (Phi) is 3.28. The lowest BCUT2D eigenvalue weighted by molar-refractivity contribution is 0.363. The average molecular weight is 268 g/mol. The Morgan fingerprint density at radius 3 is 2.35 bits per heavy atom. The third-order valence-electron chi connectivity index (χ3n) is 2.71. The molecule has 100 valence electrons. The smallest absolute Gasteiger partial charge is 0.346 e. The number of ether oxygens (including phenoxy) is 2. The van der Waals surface area contributed by atoms with Crippen molar-refractivity contribution >= 4 is 0 Å². The van der Waals surface area contributed by atoms with Crippen molar-refractivity contribution < 1.29 is 9.47 Å². The Morgan fingerprint density at radius 2 is 1.60 bits per heavy atom. The molecule has 0 saturated heterocycles. The second-order valence-corrected chi connectivity index (χ2v) is 3.96. The minimum Gasteiger partial charge on any atom is -0.493 e. The summed E-state index contributed by atoms with van der Waals surface area (Å²) in [5.74, 6) is 1.18. The molecule has 1 aromatic heterocycles. The fourth-order valence-electron chi connectivity index (χ4n) is 1.78. The van der Waals surface area contributed by atoms with Gasteiger partial charge >= 0.3 is 6.01 Å². The number of rotatable bonds is 4. The fourth-order valence-corrected chi connectivity index (χ4v) is 1.78. The van der Waals surface area contributed by atoms with Crippen LogP contribution in [0.2, 0.25) is 0 Å². The van der Waals surface area contributed by atoms with Crippen LogP contribution in [0.4, 0.5) is 0 Å². The maximum absolute atomic E-state index is 5.73. The fraction of sp³-hybridized carbons (Fsp3) is 0.0714. The zero-order valence-electron chi connectivity index (χ0n) is 10.8. The standard InChI is InChI=1S/C14H12N4O2/c1-19-12-9-5-6-10-13(12)20-14-15-16-17-18(14)11-7-3-2-4-8-11/h2-10H,1H3. The van der Waals surface area contributed by atoms with Gasteiger partial charge in [0.15, 0.2) is 11.5 Å². The minimum absolute atomic E-state index is 0.278. The van der Waals surface area contributed by atoms with Gasteiger partial charge in [0.05, 0.1) is 12.8 Å². The Hall–Kier alpha value is -2.89. The van der Waals surface area contributed by atoms with E-state index in [2.05, 4.69) is 15.5 Å². The first-order valence-electron chi connectivity index (χ1n) is 6.03. The van der Waals surface area contributed by atoms with Crippen LogP contribution in [0.1, 0.15) is 0 Å². The number of nitrogens with zero attached hydrogens (tertiary/aromatic N) is 4. The van der Waals surface area contributed by atoms with Gasteiger partial charge in [-0.15, -0.1) is 0 Å². The third-order valence-corrected chi connectivity index (χ3v) is 2.71. The van der Waals surface area contributed by atoms with E-state index in [1.165, 1.54) is 4.68 Å². The molecular formula is C14H12N4O2.